The number of hydrogen-bond acceptors (Lipinski definition) is 8. The number of rotatable bonds is 5. The molecular formula is C17H17N5O5. The Morgan fingerprint density at radius 1 is 1.41 bits per heavy atom. The van der Waals surface area contributed by atoms with Crippen molar-refractivity contribution in [1.29, 1.82) is 0 Å². The summed E-state index contributed by atoms with van der Waals surface area (Å²) >= 11 is 0. The smallest absolute Gasteiger partial charge is 0.277 e. The van der Waals surface area contributed by atoms with Gasteiger partial charge in [-0.2, -0.15) is 5.10 Å². The average Bonchev–Trinajstić information content (AvgIpc) is 3.39. The summed E-state index contributed by atoms with van der Waals surface area (Å²) in [6.45, 7) is 2.60. The summed E-state index contributed by atoms with van der Waals surface area (Å²) in [6, 6.07) is 5.23. The highest BCUT2D eigenvalue weighted by Crippen LogP contribution is 2.35. The number of aliphatic hydroxyl groups excluding tert-OH is 1. The van der Waals surface area contributed by atoms with Crippen molar-refractivity contribution >= 4 is 11.6 Å². The number of anilines is 1. The predicted octanol–water partition coefficient (Wildman–Crippen LogP) is 1.49. The van der Waals surface area contributed by atoms with E-state index < -0.39 is 12.1 Å². The van der Waals surface area contributed by atoms with Crippen molar-refractivity contribution in [2.24, 2.45) is 5.73 Å². The second kappa shape index (κ2) is 6.74. The number of carbonyl (C=O) groups is 1. The van der Waals surface area contributed by atoms with E-state index in [9.17, 15) is 9.90 Å². The topological polar surface area (TPSA) is 138 Å². The molecule has 3 aromatic rings. The standard InChI is InChI=1S/C17H17N5O5/c1-2-22-6-10(14(21-22)15(18)23)19-16(24)11-7-25-17(20-11)9-3-4-12-13(5-9)27-8-26-12/h3-7,15,23H,2,8,18H2,1H3,(H,19,24). The van der Waals surface area contributed by atoms with E-state index in [-0.39, 0.29) is 24.1 Å². The van der Waals surface area contributed by atoms with Crippen LogP contribution in [0, 0.1) is 0 Å². The SMILES string of the molecule is CCn1cc(NC(=O)c2coc(-c3ccc4c(c3)OCO4)n2)c(C(N)O)n1. The Labute approximate surface area is 153 Å². The molecule has 1 atom stereocenters. The van der Waals surface area contributed by atoms with Crippen molar-refractivity contribution in [2.45, 2.75) is 19.7 Å². The van der Waals surface area contributed by atoms with Crippen LogP contribution in [-0.4, -0.2) is 32.6 Å². The molecule has 0 saturated heterocycles. The lowest BCUT2D eigenvalue weighted by Gasteiger charge is -2.04. The monoisotopic (exact) mass is 371 g/mol. The van der Waals surface area contributed by atoms with E-state index >= 15 is 0 Å². The number of carbonyl (C=O) groups excluding carboxylic acids is 1. The molecule has 1 aliphatic rings. The largest absolute Gasteiger partial charge is 0.454 e. The molecule has 2 aromatic heterocycles. The van der Waals surface area contributed by atoms with Gasteiger partial charge in [0.05, 0.1) is 5.69 Å². The molecule has 0 fully saturated rings. The molecule has 10 heteroatoms. The number of nitrogens with two attached hydrogens (primary N) is 1. The van der Waals surface area contributed by atoms with Crippen LogP contribution in [-0.2, 0) is 6.54 Å². The van der Waals surface area contributed by atoms with E-state index in [1.807, 2.05) is 6.92 Å². The Morgan fingerprint density at radius 3 is 3.00 bits per heavy atom. The lowest BCUT2D eigenvalue weighted by atomic mass is 10.2. The van der Waals surface area contributed by atoms with Gasteiger partial charge in [0.15, 0.2) is 17.2 Å². The highest BCUT2D eigenvalue weighted by Gasteiger charge is 2.20. The molecule has 0 bridgehead atoms. The van der Waals surface area contributed by atoms with Crippen molar-refractivity contribution < 1.29 is 23.8 Å². The molecule has 0 aliphatic carbocycles. The van der Waals surface area contributed by atoms with E-state index in [4.69, 9.17) is 19.6 Å². The number of aryl methyl sites for hydroxylation is 1. The Balaban J connectivity index is 1.55. The number of fused-ring (bicyclic) bond motifs is 1. The van der Waals surface area contributed by atoms with Crippen molar-refractivity contribution in [2.75, 3.05) is 12.1 Å². The van der Waals surface area contributed by atoms with Crippen LogP contribution in [0.1, 0.15) is 29.3 Å². The number of oxazole rings is 1. The van der Waals surface area contributed by atoms with Crippen molar-refractivity contribution in [1.82, 2.24) is 14.8 Å². The highest BCUT2D eigenvalue weighted by atomic mass is 16.7. The number of benzene rings is 1. The van der Waals surface area contributed by atoms with Gasteiger partial charge in [0.2, 0.25) is 12.7 Å². The van der Waals surface area contributed by atoms with Gasteiger partial charge in [-0.15, -0.1) is 0 Å². The van der Waals surface area contributed by atoms with E-state index in [1.165, 1.54) is 6.26 Å². The van der Waals surface area contributed by atoms with Crippen molar-refractivity contribution in [3.8, 4) is 23.0 Å². The second-order valence-corrected chi connectivity index (χ2v) is 5.79. The zero-order valence-electron chi connectivity index (χ0n) is 14.4. The minimum absolute atomic E-state index is 0.0735. The van der Waals surface area contributed by atoms with Crippen LogP contribution in [0.2, 0.25) is 0 Å². The van der Waals surface area contributed by atoms with Crippen LogP contribution in [0.3, 0.4) is 0 Å². The molecule has 0 spiro atoms. The molecule has 1 aromatic carbocycles. The van der Waals surface area contributed by atoms with Crippen molar-refractivity contribution in [3.05, 3.63) is 42.0 Å². The predicted molar refractivity (Wildman–Crippen MR) is 93.1 cm³/mol. The van der Waals surface area contributed by atoms with Crippen LogP contribution in [0.5, 0.6) is 11.5 Å². The molecule has 0 saturated carbocycles. The third kappa shape index (κ3) is 3.23. The number of ether oxygens (including phenoxy) is 2. The molecule has 1 aliphatic heterocycles. The molecule has 4 rings (SSSR count). The van der Waals surface area contributed by atoms with Gasteiger partial charge in [0.25, 0.3) is 5.91 Å². The van der Waals surface area contributed by atoms with Crippen LogP contribution in [0.15, 0.2) is 35.1 Å². The van der Waals surface area contributed by atoms with E-state index in [2.05, 4.69) is 15.4 Å². The van der Waals surface area contributed by atoms with E-state index in [0.29, 0.717) is 29.3 Å². The maximum Gasteiger partial charge on any atom is 0.277 e. The van der Waals surface area contributed by atoms with Crippen molar-refractivity contribution in [3.63, 3.8) is 0 Å². The zero-order valence-corrected chi connectivity index (χ0v) is 14.4. The third-order valence-electron chi connectivity index (χ3n) is 4.00. The summed E-state index contributed by atoms with van der Waals surface area (Å²) in [6.07, 6.45) is 1.52. The van der Waals surface area contributed by atoms with Gasteiger partial charge in [-0.1, -0.05) is 0 Å². The number of aromatic nitrogens is 3. The summed E-state index contributed by atoms with van der Waals surface area (Å²) in [5.74, 6) is 0.986. The number of hydrogen-bond donors (Lipinski definition) is 3. The minimum atomic E-state index is -1.31. The number of nitrogens with one attached hydrogen (secondary N) is 1. The molecule has 1 unspecified atom stereocenters. The summed E-state index contributed by atoms with van der Waals surface area (Å²) in [5.41, 5.74) is 6.70. The average molecular weight is 371 g/mol. The number of amides is 1. The number of aliphatic hydroxyl groups is 1. The minimum Gasteiger partial charge on any atom is -0.454 e. The summed E-state index contributed by atoms with van der Waals surface area (Å²) < 4.78 is 17.6. The molecule has 10 nitrogen and oxygen atoms in total. The van der Waals surface area contributed by atoms with Gasteiger partial charge in [-0.25, -0.2) is 4.98 Å². The van der Waals surface area contributed by atoms with Gasteiger partial charge >= 0.3 is 0 Å². The quantitative estimate of drug-likeness (QED) is 0.574. The fraction of sp³-hybridized carbons (Fsp3) is 0.235. The fourth-order valence-corrected chi connectivity index (χ4v) is 2.64. The molecule has 3 heterocycles. The molecular weight excluding hydrogens is 354 g/mol. The Hall–Kier alpha value is -3.37. The first-order valence-corrected chi connectivity index (χ1v) is 8.23. The maximum absolute atomic E-state index is 12.5. The molecule has 4 N–H and O–H groups in total. The van der Waals surface area contributed by atoms with Crippen LogP contribution >= 0.6 is 0 Å². The fourth-order valence-electron chi connectivity index (χ4n) is 2.64. The highest BCUT2D eigenvalue weighted by molar-refractivity contribution is 6.03. The first-order chi connectivity index (χ1) is 13.0. The van der Waals surface area contributed by atoms with Gasteiger partial charge in [-0.3, -0.25) is 9.48 Å². The Kier molecular flexibility index (Phi) is 4.26. The summed E-state index contributed by atoms with van der Waals surface area (Å²) in [4.78, 5) is 16.7. The lowest BCUT2D eigenvalue weighted by Crippen LogP contribution is -2.16. The lowest BCUT2D eigenvalue weighted by molar-refractivity contribution is 0.102. The van der Waals surface area contributed by atoms with Gasteiger partial charge in [-0.05, 0) is 25.1 Å². The molecule has 0 radical (unpaired) electrons. The third-order valence-corrected chi connectivity index (χ3v) is 4.00. The molecule has 1 amide bonds. The van der Waals surface area contributed by atoms with E-state index in [1.54, 1.807) is 29.1 Å². The Bertz CT molecular complexity index is 994. The molecule has 27 heavy (non-hydrogen) atoms. The first-order valence-electron chi connectivity index (χ1n) is 8.23. The second-order valence-electron chi connectivity index (χ2n) is 5.79. The van der Waals surface area contributed by atoms with Crippen LogP contribution in [0.4, 0.5) is 5.69 Å². The van der Waals surface area contributed by atoms with Gasteiger partial charge in [0.1, 0.15) is 18.2 Å². The number of nitrogens with zero attached hydrogens (tertiary/aromatic N) is 3. The summed E-state index contributed by atoms with van der Waals surface area (Å²) in [5, 5.41) is 16.4. The Morgan fingerprint density at radius 2 is 2.22 bits per heavy atom. The van der Waals surface area contributed by atoms with Gasteiger partial charge < -0.3 is 30.0 Å². The van der Waals surface area contributed by atoms with E-state index in [0.717, 1.165) is 0 Å². The zero-order chi connectivity index (χ0) is 19.0. The maximum atomic E-state index is 12.5. The van der Waals surface area contributed by atoms with Crippen LogP contribution < -0.4 is 20.5 Å². The normalized spacial score (nSPS) is 13.6. The summed E-state index contributed by atoms with van der Waals surface area (Å²) in [7, 11) is 0. The van der Waals surface area contributed by atoms with Gasteiger partial charge in [0, 0.05) is 18.3 Å². The molecule has 140 valence electrons. The first kappa shape index (κ1) is 17.1. The van der Waals surface area contributed by atoms with Crippen LogP contribution in [0.25, 0.3) is 11.5 Å².